The van der Waals surface area contributed by atoms with Gasteiger partial charge in [0.15, 0.2) is 6.04 Å². The van der Waals surface area contributed by atoms with E-state index in [9.17, 15) is 19.5 Å². The van der Waals surface area contributed by atoms with Crippen LogP contribution in [0.2, 0.25) is 0 Å². The molecule has 1 heterocycles. The van der Waals surface area contributed by atoms with E-state index < -0.39 is 29.9 Å². The van der Waals surface area contributed by atoms with E-state index in [1.54, 1.807) is 12.1 Å². The van der Waals surface area contributed by atoms with Gasteiger partial charge in [-0.15, -0.1) is 0 Å². The Morgan fingerprint density at radius 2 is 2.08 bits per heavy atom. The number of amides is 2. The molecule has 1 aliphatic rings. The molecule has 8 heteroatoms. The van der Waals surface area contributed by atoms with Crippen molar-refractivity contribution in [1.29, 1.82) is 0 Å². The van der Waals surface area contributed by atoms with Crippen molar-refractivity contribution in [3.8, 4) is 5.75 Å². The number of hydrogen-bond donors (Lipinski definition) is 3. The van der Waals surface area contributed by atoms with E-state index in [-0.39, 0.29) is 18.9 Å². The summed E-state index contributed by atoms with van der Waals surface area (Å²) in [6.07, 6.45) is -1.28. The highest BCUT2D eigenvalue weighted by Crippen LogP contribution is 2.33. The summed E-state index contributed by atoms with van der Waals surface area (Å²) in [7, 11) is 1.50. The van der Waals surface area contributed by atoms with Gasteiger partial charge in [0.25, 0.3) is 0 Å². The van der Waals surface area contributed by atoms with Crippen molar-refractivity contribution in [3.63, 3.8) is 0 Å². The van der Waals surface area contributed by atoms with Gasteiger partial charge in [-0.3, -0.25) is 9.59 Å². The predicted molar refractivity (Wildman–Crippen MR) is 89.4 cm³/mol. The number of nitrogens with one attached hydrogen (secondary N) is 1. The van der Waals surface area contributed by atoms with Crippen molar-refractivity contribution >= 4 is 23.5 Å². The van der Waals surface area contributed by atoms with E-state index in [1.165, 1.54) is 18.9 Å². The molecule has 8 nitrogen and oxygen atoms in total. The number of aliphatic hydroxyl groups is 1. The average molecular weight is 350 g/mol. The van der Waals surface area contributed by atoms with Crippen molar-refractivity contribution in [1.82, 2.24) is 5.32 Å². The molecule has 3 unspecified atom stereocenters. The molecule has 1 aliphatic heterocycles. The number of carbonyl (C=O) groups is 3. The van der Waals surface area contributed by atoms with E-state index in [0.29, 0.717) is 11.4 Å². The van der Waals surface area contributed by atoms with E-state index in [2.05, 4.69) is 5.32 Å². The topological polar surface area (TPSA) is 116 Å². The summed E-state index contributed by atoms with van der Waals surface area (Å²) in [5.74, 6) is -2.32. The second kappa shape index (κ2) is 7.52. The highest BCUT2D eigenvalue weighted by Gasteiger charge is 2.38. The number of aryl methyl sites for hydroxylation is 1. The smallest absolute Gasteiger partial charge is 0.328 e. The van der Waals surface area contributed by atoms with Gasteiger partial charge in [-0.25, -0.2) is 4.79 Å². The Bertz CT molecular complexity index is 688. The first-order valence-corrected chi connectivity index (χ1v) is 7.90. The lowest BCUT2D eigenvalue weighted by Crippen LogP contribution is -2.49. The number of rotatable bonds is 6. The molecule has 0 saturated carbocycles. The van der Waals surface area contributed by atoms with Gasteiger partial charge in [0.2, 0.25) is 11.8 Å². The summed E-state index contributed by atoms with van der Waals surface area (Å²) < 4.78 is 5.28. The van der Waals surface area contributed by atoms with Crippen molar-refractivity contribution < 1.29 is 29.3 Å². The molecule has 25 heavy (non-hydrogen) atoms. The van der Waals surface area contributed by atoms with Crippen LogP contribution in [-0.4, -0.2) is 53.8 Å². The molecule has 1 aromatic carbocycles. The zero-order chi connectivity index (χ0) is 18.7. The minimum absolute atomic E-state index is 0.0327. The molecule has 136 valence electrons. The van der Waals surface area contributed by atoms with Crippen LogP contribution in [0.15, 0.2) is 18.2 Å². The number of ether oxygens (including phenoxy) is 1. The molecule has 0 aromatic heterocycles. The minimum atomic E-state index is -1.41. The first-order valence-electron chi connectivity index (χ1n) is 7.90. The van der Waals surface area contributed by atoms with Crippen LogP contribution in [0.4, 0.5) is 5.69 Å². The van der Waals surface area contributed by atoms with Crippen molar-refractivity contribution in [2.45, 2.75) is 32.4 Å². The maximum atomic E-state index is 12.3. The molecule has 2 rings (SSSR count). The summed E-state index contributed by atoms with van der Waals surface area (Å²) >= 11 is 0. The van der Waals surface area contributed by atoms with Crippen LogP contribution in [0.3, 0.4) is 0 Å². The molecule has 2 amide bonds. The van der Waals surface area contributed by atoms with Gasteiger partial charge in [-0.05, 0) is 31.5 Å². The maximum absolute atomic E-state index is 12.3. The van der Waals surface area contributed by atoms with E-state index >= 15 is 0 Å². The number of carbonyl (C=O) groups excluding carboxylic acids is 2. The number of benzene rings is 1. The van der Waals surface area contributed by atoms with Crippen molar-refractivity contribution in [2.75, 3.05) is 18.6 Å². The quantitative estimate of drug-likeness (QED) is 0.680. The third kappa shape index (κ3) is 4.08. The Morgan fingerprint density at radius 3 is 2.64 bits per heavy atom. The fourth-order valence-electron chi connectivity index (χ4n) is 2.79. The lowest BCUT2D eigenvalue weighted by Gasteiger charge is -2.21. The van der Waals surface area contributed by atoms with Gasteiger partial charge >= 0.3 is 5.97 Å². The third-order valence-electron chi connectivity index (χ3n) is 4.17. The van der Waals surface area contributed by atoms with Gasteiger partial charge in [0.1, 0.15) is 5.75 Å². The molecule has 3 atom stereocenters. The van der Waals surface area contributed by atoms with Crippen molar-refractivity contribution in [3.05, 3.63) is 23.8 Å². The first-order chi connectivity index (χ1) is 11.7. The van der Waals surface area contributed by atoms with Gasteiger partial charge in [-0.2, -0.15) is 0 Å². The van der Waals surface area contributed by atoms with Gasteiger partial charge < -0.3 is 25.2 Å². The number of carboxylic acids is 1. The molecule has 0 aliphatic carbocycles. The van der Waals surface area contributed by atoms with Gasteiger partial charge in [0.05, 0.1) is 24.8 Å². The fourth-order valence-corrected chi connectivity index (χ4v) is 2.79. The maximum Gasteiger partial charge on any atom is 0.328 e. The van der Waals surface area contributed by atoms with E-state index in [0.717, 1.165) is 5.56 Å². The highest BCUT2D eigenvalue weighted by atomic mass is 16.5. The first kappa shape index (κ1) is 18.7. The Hall–Kier alpha value is -2.61. The Kier molecular flexibility index (Phi) is 5.63. The molecule has 3 N–H and O–H groups in total. The average Bonchev–Trinajstić information content (AvgIpc) is 2.93. The second-order valence-corrected chi connectivity index (χ2v) is 6.15. The fraction of sp³-hybridized carbons (Fsp3) is 0.471. The Labute approximate surface area is 145 Å². The van der Waals surface area contributed by atoms with Crippen LogP contribution in [0.25, 0.3) is 0 Å². The Morgan fingerprint density at radius 1 is 1.40 bits per heavy atom. The second-order valence-electron chi connectivity index (χ2n) is 6.15. The number of anilines is 1. The molecule has 0 bridgehead atoms. The van der Waals surface area contributed by atoms with Crippen LogP contribution >= 0.6 is 0 Å². The number of aliphatic carboxylic acids is 1. The SMILES string of the molecule is COc1ccc(C)cc1N1CC(C(=O)NC(C(=O)O)C(C)O)CC1=O. The summed E-state index contributed by atoms with van der Waals surface area (Å²) in [5, 5.41) is 20.8. The number of aliphatic hydroxyl groups excluding tert-OH is 1. The summed E-state index contributed by atoms with van der Waals surface area (Å²) in [5.41, 5.74) is 1.52. The van der Waals surface area contributed by atoms with Crippen LogP contribution in [0.5, 0.6) is 5.75 Å². The van der Waals surface area contributed by atoms with Crippen molar-refractivity contribution in [2.24, 2.45) is 5.92 Å². The zero-order valence-electron chi connectivity index (χ0n) is 14.4. The number of methoxy groups -OCH3 is 1. The molecule has 1 saturated heterocycles. The predicted octanol–water partition coefficient (Wildman–Crippen LogP) is 0.307. The lowest BCUT2D eigenvalue weighted by molar-refractivity contribution is -0.145. The van der Waals surface area contributed by atoms with E-state index in [1.807, 2.05) is 13.0 Å². The molecule has 0 radical (unpaired) electrons. The monoisotopic (exact) mass is 350 g/mol. The van der Waals surface area contributed by atoms with Crippen LogP contribution < -0.4 is 15.0 Å². The molecule has 1 fully saturated rings. The number of nitrogens with zero attached hydrogens (tertiary/aromatic N) is 1. The summed E-state index contributed by atoms with van der Waals surface area (Å²) in [6, 6.07) is 3.99. The summed E-state index contributed by atoms with van der Waals surface area (Å²) in [4.78, 5) is 37.2. The van der Waals surface area contributed by atoms with Crippen LogP contribution in [0, 0.1) is 12.8 Å². The lowest BCUT2D eigenvalue weighted by atomic mass is 10.1. The molecule has 1 aromatic rings. The highest BCUT2D eigenvalue weighted by molar-refractivity contribution is 6.01. The van der Waals surface area contributed by atoms with E-state index in [4.69, 9.17) is 9.84 Å². The normalized spacial score (nSPS) is 19.4. The van der Waals surface area contributed by atoms with Crippen LogP contribution in [0.1, 0.15) is 18.9 Å². The number of carboxylic acid groups (broad SMARTS) is 1. The minimum Gasteiger partial charge on any atom is -0.495 e. The molecular formula is C17H22N2O6. The molecular weight excluding hydrogens is 328 g/mol. The zero-order valence-corrected chi connectivity index (χ0v) is 14.4. The third-order valence-corrected chi connectivity index (χ3v) is 4.17. The largest absolute Gasteiger partial charge is 0.495 e. The van der Waals surface area contributed by atoms with Crippen LogP contribution in [-0.2, 0) is 14.4 Å². The van der Waals surface area contributed by atoms with Gasteiger partial charge in [-0.1, -0.05) is 6.07 Å². The standard InChI is InChI=1S/C17H22N2O6/c1-9-4-5-13(25-3)12(6-9)19-8-11(7-14(19)21)16(22)18-15(10(2)20)17(23)24/h4-6,10-11,15,20H,7-8H2,1-3H3,(H,18,22)(H,23,24). The molecule has 0 spiro atoms. The summed E-state index contributed by atoms with van der Waals surface area (Å²) in [6.45, 7) is 3.28. The van der Waals surface area contributed by atoms with Gasteiger partial charge in [0, 0.05) is 13.0 Å². The number of hydrogen-bond acceptors (Lipinski definition) is 5. The Balaban J connectivity index is 2.16.